The Bertz CT molecular complexity index is 735. The quantitative estimate of drug-likeness (QED) is 0.275. The molecule has 0 bridgehead atoms. The normalized spacial score (nSPS) is 11.6. The molecular weight excluding hydrogens is 351 g/mol. The lowest BCUT2D eigenvalue weighted by atomic mass is 9.67. The Morgan fingerprint density at radius 3 is 1.56 bits per heavy atom. The van der Waals surface area contributed by atoms with Crippen LogP contribution in [0.25, 0.3) is 0 Å². The maximum absolute atomic E-state index is 11.1. The van der Waals surface area contributed by atoms with Gasteiger partial charge in [-0.3, -0.25) is 4.79 Å². The highest BCUT2D eigenvalue weighted by Gasteiger charge is 2.35. The number of rotatable bonds is 8. The van der Waals surface area contributed by atoms with Crippen LogP contribution in [0, 0.1) is 0 Å². The zero-order valence-corrected chi connectivity index (χ0v) is 16.6. The summed E-state index contributed by atoms with van der Waals surface area (Å²) in [5.74, 6) is -0.200. The number of carbonyl (C=O) groups is 1. The van der Waals surface area contributed by atoms with E-state index in [0.29, 0.717) is 0 Å². The molecule has 0 saturated carbocycles. The number of hydrogen-bond acceptors (Lipinski definition) is 2. The van der Waals surface area contributed by atoms with Gasteiger partial charge in [-0.2, -0.15) is 0 Å². The Kier molecular flexibility index (Phi) is 6.79. The molecule has 0 aromatic heterocycles. The van der Waals surface area contributed by atoms with Crippen LogP contribution in [0.2, 0.25) is 0 Å². The van der Waals surface area contributed by atoms with E-state index < -0.39 is 0 Å². The minimum Gasteiger partial charge on any atom is -0.448 e. The van der Waals surface area contributed by atoms with E-state index in [1.807, 2.05) is 0 Å². The molecule has 0 amide bonds. The van der Waals surface area contributed by atoms with Crippen LogP contribution in [0.3, 0.4) is 0 Å². The monoisotopic (exact) mass is 376 g/mol. The van der Waals surface area contributed by atoms with Crippen molar-refractivity contribution >= 4 is 14.8 Å². The molecule has 0 aliphatic heterocycles. The van der Waals surface area contributed by atoms with E-state index in [4.69, 9.17) is 4.52 Å². The van der Waals surface area contributed by atoms with Crippen LogP contribution in [0.4, 0.5) is 0 Å². The average Bonchev–Trinajstić information content (AvgIpc) is 2.73. The molecule has 0 saturated heterocycles. The van der Waals surface area contributed by atoms with Crippen molar-refractivity contribution in [3.05, 3.63) is 108 Å². The average molecular weight is 376 g/mol. The third-order valence-electron chi connectivity index (χ3n) is 4.85. The van der Waals surface area contributed by atoms with Crippen LogP contribution >= 0.6 is 8.81 Å². The summed E-state index contributed by atoms with van der Waals surface area (Å²) in [4.78, 5) is 11.1. The van der Waals surface area contributed by atoms with Crippen LogP contribution in [0.15, 0.2) is 91.0 Å². The van der Waals surface area contributed by atoms with Gasteiger partial charge < -0.3 is 4.52 Å². The summed E-state index contributed by atoms with van der Waals surface area (Å²) in [5.41, 5.74) is 3.65. The first-order valence-corrected chi connectivity index (χ1v) is 10.4. The minimum absolute atomic E-state index is 0.200. The van der Waals surface area contributed by atoms with E-state index in [1.165, 1.54) is 23.6 Å². The predicted octanol–water partition coefficient (Wildman–Crippen LogP) is 5.96. The molecule has 3 aromatic rings. The third-order valence-corrected chi connectivity index (χ3v) is 5.84. The molecule has 0 aliphatic carbocycles. The van der Waals surface area contributed by atoms with Crippen molar-refractivity contribution in [2.24, 2.45) is 0 Å². The van der Waals surface area contributed by atoms with Crippen LogP contribution in [-0.2, 0) is 14.7 Å². The molecule has 0 heterocycles. The molecule has 2 nitrogen and oxygen atoms in total. The second-order valence-electron chi connectivity index (χ2n) is 6.59. The highest BCUT2D eigenvalue weighted by Crippen LogP contribution is 2.43. The van der Waals surface area contributed by atoms with Crippen molar-refractivity contribution in [2.75, 3.05) is 6.16 Å². The molecule has 27 heavy (non-hydrogen) atoms. The molecule has 0 aliphatic rings. The SMILES string of the molecule is CC(=O)OPCCCC(c1ccccc1)(c1ccccc1)c1ccccc1. The Labute approximate surface area is 163 Å². The summed E-state index contributed by atoms with van der Waals surface area (Å²) in [6.07, 6.45) is 2.82. The summed E-state index contributed by atoms with van der Waals surface area (Å²) < 4.78 is 5.16. The Hall–Kier alpha value is -2.44. The van der Waals surface area contributed by atoms with Crippen molar-refractivity contribution in [1.29, 1.82) is 0 Å². The Morgan fingerprint density at radius 2 is 1.19 bits per heavy atom. The van der Waals surface area contributed by atoms with E-state index in [-0.39, 0.29) is 20.2 Å². The van der Waals surface area contributed by atoms with Crippen LogP contribution in [0.5, 0.6) is 0 Å². The van der Waals surface area contributed by atoms with Crippen molar-refractivity contribution in [3.8, 4) is 0 Å². The lowest BCUT2D eigenvalue weighted by Gasteiger charge is -2.36. The van der Waals surface area contributed by atoms with Gasteiger partial charge in [0.15, 0.2) is 0 Å². The molecule has 0 fully saturated rings. The minimum atomic E-state index is -0.218. The van der Waals surface area contributed by atoms with E-state index in [1.54, 1.807) is 0 Å². The number of benzene rings is 3. The fourth-order valence-corrected chi connectivity index (χ4v) is 4.31. The highest BCUT2D eigenvalue weighted by atomic mass is 31.1. The molecule has 1 atom stereocenters. The van der Waals surface area contributed by atoms with Gasteiger partial charge in [-0.1, -0.05) is 91.0 Å². The summed E-state index contributed by atoms with van der Waals surface area (Å²) in [7, 11) is 0.222. The summed E-state index contributed by atoms with van der Waals surface area (Å²) >= 11 is 0. The van der Waals surface area contributed by atoms with Gasteiger partial charge in [-0.25, -0.2) is 0 Å². The van der Waals surface area contributed by atoms with E-state index >= 15 is 0 Å². The third kappa shape index (κ3) is 4.64. The molecule has 3 aromatic carbocycles. The van der Waals surface area contributed by atoms with Gasteiger partial charge in [-0.15, -0.1) is 0 Å². The fraction of sp³-hybridized carbons (Fsp3) is 0.208. The summed E-state index contributed by atoms with van der Waals surface area (Å²) in [5, 5.41) is 0. The van der Waals surface area contributed by atoms with Gasteiger partial charge in [0, 0.05) is 18.5 Å². The standard InChI is InChI=1S/C24H25O2P/c1-20(25)26-27-19-11-18-24(21-12-5-2-6-13-21,22-14-7-3-8-15-22)23-16-9-4-10-17-23/h2-10,12-17,27H,11,18-19H2,1H3. The second-order valence-corrected chi connectivity index (χ2v) is 7.59. The highest BCUT2D eigenvalue weighted by molar-refractivity contribution is 7.32. The first kappa shape index (κ1) is 19.3. The maximum atomic E-state index is 11.1. The van der Waals surface area contributed by atoms with Gasteiger partial charge in [0.1, 0.15) is 0 Å². The molecule has 1 unspecified atom stereocenters. The largest absolute Gasteiger partial charge is 0.448 e. The van der Waals surface area contributed by atoms with E-state index in [9.17, 15) is 4.79 Å². The van der Waals surface area contributed by atoms with Crippen LogP contribution in [0.1, 0.15) is 36.5 Å². The first-order valence-electron chi connectivity index (χ1n) is 9.30. The molecule has 3 heteroatoms. The maximum Gasteiger partial charge on any atom is 0.305 e. The van der Waals surface area contributed by atoms with Crippen molar-refractivity contribution in [1.82, 2.24) is 0 Å². The fourth-order valence-electron chi connectivity index (χ4n) is 3.68. The van der Waals surface area contributed by atoms with Crippen LogP contribution < -0.4 is 0 Å². The van der Waals surface area contributed by atoms with Crippen LogP contribution in [-0.4, -0.2) is 12.1 Å². The zero-order valence-electron chi connectivity index (χ0n) is 15.6. The van der Waals surface area contributed by atoms with Crippen molar-refractivity contribution in [3.63, 3.8) is 0 Å². The Morgan fingerprint density at radius 1 is 0.778 bits per heavy atom. The first-order chi connectivity index (χ1) is 13.2. The number of hydrogen-bond donors (Lipinski definition) is 0. The lowest BCUT2D eigenvalue weighted by Crippen LogP contribution is -2.29. The Balaban J connectivity index is 2.02. The van der Waals surface area contributed by atoms with Gasteiger partial charge in [0.2, 0.25) is 0 Å². The lowest BCUT2D eigenvalue weighted by molar-refractivity contribution is -0.130. The topological polar surface area (TPSA) is 26.3 Å². The van der Waals surface area contributed by atoms with E-state index in [0.717, 1.165) is 19.0 Å². The van der Waals surface area contributed by atoms with Crippen molar-refractivity contribution in [2.45, 2.75) is 25.2 Å². The molecule has 3 rings (SSSR count). The smallest absolute Gasteiger partial charge is 0.305 e. The molecule has 0 spiro atoms. The summed E-state index contributed by atoms with van der Waals surface area (Å²) in [6.45, 7) is 1.47. The predicted molar refractivity (Wildman–Crippen MR) is 113 cm³/mol. The van der Waals surface area contributed by atoms with Crippen molar-refractivity contribution < 1.29 is 9.32 Å². The second kappa shape index (κ2) is 9.48. The summed E-state index contributed by atoms with van der Waals surface area (Å²) in [6, 6.07) is 32.1. The molecular formula is C24H25O2P. The van der Waals surface area contributed by atoms with Gasteiger partial charge in [0.25, 0.3) is 0 Å². The van der Waals surface area contributed by atoms with Gasteiger partial charge in [0.05, 0.1) is 8.81 Å². The molecule has 0 radical (unpaired) electrons. The number of carbonyl (C=O) groups excluding carboxylic acids is 1. The van der Waals surface area contributed by atoms with Gasteiger partial charge >= 0.3 is 5.97 Å². The zero-order chi connectivity index (χ0) is 19.0. The molecule has 138 valence electrons. The van der Waals surface area contributed by atoms with E-state index in [2.05, 4.69) is 91.0 Å². The molecule has 0 N–H and O–H groups in total. The van der Waals surface area contributed by atoms with Gasteiger partial charge in [-0.05, 0) is 29.5 Å².